The maximum absolute atomic E-state index is 14.3. The molecule has 2 fully saturated rings. The summed E-state index contributed by atoms with van der Waals surface area (Å²) in [5, 5.41) is 0. The monoisotopic (exact) mass is 449 g/mol. The second-order valence-corrected chi connectivity index (χ2v) is 7.95. The summed E-state index contributed by atoms with van der Waals surface area (Å²) < 4.78 is 71.5. The summed E-state index contributed by atoms with van der Waals surface area (Å²) >= 11 is 0. The topological polar surface area (TPSA) is 70.7 Å². The molecule has 2 N–H and O–H groups in total. The molecule has 172 valence electrons. The molecule has 6 nitrogen and oxygen atoms in total. The van der Waals surface area contributed by atoms with Gasteiger partial charge in [0, 0.05) is 19.2 Å². The van der Waals surface area contributed by atoms with Crippen LogP contribution in [0.4, 0.5) is 22.0 Å². The van der Waals surface area contributed by atoms with Crippen molar-refractivity contribution in [3.8, 4) is 0 Å². The van der Waals surface area contributed by atoms with Gasteiger partial charge in [-0.3, -0.25) is 9.59 Å². The van der Waals surface area contributed by atoms with E-state index in [0.717, 1.165) is 6.07 Å². The standard InChI is InChI=1S/C20H24F5N3O3/c1-2-31-18(30)19(10-12-4-5-13(21)8-14(12)22)6-3-7-28(11-19)17(29)15-9-16(27-26-15)20(23,24)25/h4-5,8,15-16,26-27H,2-3,6-7,9-11H2,1H3. The normalized spacial score (nSPS) is 26.7. The van der Waals surface area contributed by atoms with Gasteiger partial charge in [-0.25, -0.2) is 19.6 Å². The maximum Gasteiger partial charge on any atom is 0.405 e. The lowest BCUT2D eigenvalue weighted by Crippen LogP contribution is -2.55. The van der Waals surface area contributed by atoms with Gasteiger partial charge < -0.3 is 9.64 Å². The number of piperidine rings is 1. The molecule has 1 aromatic rings. The number of nitrogens with zero attached hydrogens (tertiary/aromatic N) is 1. The van der Waals surface area contributed by atoms with E-state index in [4.69, 9.17) is 4.74 Å². The molecule has 3 rings (SSSR count). The molecule has 3 atom stereocenters. The van der Waals surface area contributed by atoms with Crippen LogP contribution in [0.25, 0.3) is 0 Å². The van der Waals surface area contributed by atoms with Crippen LogP contribution >= 0.6 is 0 Å². The van der Waals surface area contributed by atoms with Gasteiger partial charge in [0.05, 0.1) is 12.0 Å². The number of benzene rings is 1. The van der Waals surface area contributed by atoms with Crippen molar-refractivity contribution < 1.29 is 36.3 Å². The lowest BCUT2D eigenvalue weighted by Gasteiger charge is -2.41. The Bertz CT molecular complexity index is 835. The number of nitrogens with one attached hydrogen (secondary N) is 2. The summed E-state index contributed by atoms with van der Waals surface area (Å²) in [5.74, 6) is -2.78. The van der Waals surface area contributed by atoms with Crippen LogP contribution in [-0.2, 0) is 20.7 Å². The molecule has 0 aromatic heterocycles. The average molecular weight is 449 g/mol. The van der Waals surface area contributed by atoms with Crippen LogP contribution < -0.4 is 10.9 Å². The number of hydrazine groups is 1. The third kappa shape index (κ3) is 5.15. The van der Waals surface area contributed by atoms with Gasteiger partial charge in [-0.1, -0.05) is 6.07 Å². The van der Waals surface area contributed by atoms with E-state index in [9.17, 15) is 31.5 Å². The van der Waals surface area contributed by atoms with Gasteiger partial charge >= 0.3 is 12.1 Å². The van der Waals surface area contributed by atoms with E-state index in [-0.39, 0.29) is 31.7 Å². The number of ether oxygens (including phenoxy) is 1. The molecule has 2 aliphatic rings. The lowest BCUT2D eigenvalue weighted by molar-refractivity contribution is -0.161. The van der Waals surface area contributed by atoms with Crippen LogP contribution in [0.3, 0.4) is 0 Å². The van der Waals surface area contributed by atoms with Crippen LogP contribution in [-0.4, -0.2) is 54.7 Å². The molecule has 0 spiro atoms. The third-order valence-electron chi connectivity index (χ3n) is 5.74. The highest BCUT2D eigenvalue weighted by Gasteiger charge is 2.49. The first-order chi connectivity index (χ1) is 14.6. The van der Waals surface area contributed by atoms with Crippen molar-refractivity contribution in [2.24, 2.45) is 5.41 Å². The first kappa shape index (κ1) is 23.4. The van der Waals surface area contributed by atoms with E-state index >= 15 is 0 Å². The quantitative estimate of drug-likeness (QED) is 0.534. The minimum Gasteiger partial charge on any atom is -0.466 e. The molecular formula is C20H24F5N3O3. The second kappa shape index (κ2) is 9.07. The predicted octanol–water partition coefficient (Wildman–Crippen LogP) is 2.48. The van der Waals surface area contributed by atoms with E-state index in [1.165, 1.54) is 11.0 Å². The molecule has 0 saturated carbocycles. The Morgan fingerprint density at radius 3 is 2.61 bits per heavy atom. The molecule has 1 aromatic carbocycles. The summed E-state index contributed by atoms with van der Waals surface area (Å²) in [4.78, 5) is 27.0. The Morgan fingerprint density at radius 1 is 1.26 bits per heavy atom. The first-order valence-corrected chi connectivity index (χ1v) is 10.0. The lowest BCUT2D eigenvalue weighted by atomic mass is 9.74. The van der Waals surface area contributed by atoms with E-state index in [1.54, 1.807) is 6.92 Å². The SMILES string of the molecule is CCOC(=O)C1(Cc2ccc(F)cc2F)CCCN(C(=O)C2CC(C(F)(F)F)NN2)C1. The van der Waals surface area contributed by atoms with Crippen molar-refractivity contribution in [1.82, 2.24) is 15.8 Å². The van der Waals surface area contributed by atoms with Crippen LogP contribution in [0.5, 0.6) is 0 Å². The zero-order valence-corrected chi connectivity index (χ0v) is 16.9. The number of hydrogen-bond donors (Lipinski definition) is 2. The van der Waals surface area contributed by atoms with Gasteiger partial charge in [0.15, 0.2) is 0 Å². The van der Waals surface area contributed by atoms with Crippen molar-refractivity contribution in [3.63, 3.8) is 0 Å². The fourth-order valence-corrected chi connectivity index (χ4v) is 4.17. The number of rotatable bonds is 5. The first-order valence-electron chi connectivity index (χ1n) is 10.0. The highest BCUT2D eigenvalue weighted by Crippen LogP contribution is 2.37. The minimum absolute atomic E-state index is 0.0712. The molecule has 0 aliphatic carbocycles. The molecule has 1 amide bonds. The summed E-state index contributed by atoms with van der Waals surface area (Å²) in [5.41, 5.74) is 3.28. The molecule has 0 radical (unpaired) electrons. The fourth-order valence-electron chi connectivity index (χ4n) is 4.17. The van der Waals surface area contributed by atoms with Gasteiger partial charge in [-0.2, -0.15) is 13.2 Å². The highest BCUT2D eigenvalue weighted by molar-refractivity contribution is 5.84. The van der Waals surface area contributed by atoms with Crippen molar-refractivity contribution in [2.75, 3.05) is 19.7 Å². The molecule has 3 unspecified atom stereocenters. The van der Waals surface area contributed by atoms with E-state index in [0.29, 0.717) is 18.9 Å². The number of alkyl halides is 3. The number of halogens is 5. The summed E-state index contributed by atoms with van der Waals surface area (Å²) in [7, 11) is 0. The smallest absolute Gasteiger partial charge is 0.405 e. The molecule has 31 heavy (non-hydrogen) atoms. The largest absolute Gasteiger partial charge is 0.466 e. The Hall–Kier alpha value is -2.27. The summed E-state index contributed by atoms with van der Waals surface area (Å²) in [6.45, 7) is 1.81. The Balaban J connectivity index is 1.80. The predicted molar refractivity (Wildman–Crippen MR) is 99.5 cm³/mol. The van der Waals surface area contributed by atoms with Crippen LogP contribution in [0, 0.1) is 17.0 Å². The van der Waals surface area contributed by atoms with Crippen LogP contribution in [0.15, 0.2) is 18.2 Å². The number of carbonyl (C=O) groups excluding carboxylic acids is 2. The number of amides is 1. The minimum atomic E-state index is -4.50. The highest BCUT2D eigenvalue weighted by atomic mass is 19.4. The zero-order chi connectivity index (χ0) is 22.8. The number of hydrogen-bond acceptors (Lipinski definition) is 5. The third-order valence-corrected chi connectivity index (χ3v) is 5.74. The van der Waals surface area contributed by atoms with Gasteiger partial charge in [0.1, 0.15) is 23.7 Å². The van der Waals surface area contributed by atoms with Crippen molar-refractivity contribution in [2.45, 2.75) is 50.9 Å². The number of esters is 1. The Morgan fingerprint density at radius 2 is 2.00 bits per heavy atom. The second-order valence-electron chi connectivity index (χ2n) is 7.95. The van der Waals surface area contributed by atoms with Crippen LogP contribution in [0.1, 0.15) is 31.7 Å². The molecule has 2 aliphatic heterocycles. The fraction of sp³-hybridized carbons (Fsp3) is 0.600. The molecular weight excluding hydrogens is 425 g/mol. The van der Waals surface area contributed by atoms with Gasteiger partial charge in [0.2, 0.25) is 5.91 Å². The Labute approximate surface area is 176 Å². The van der Waals surface area contributed by atoms with Crippen molar-refractivity contribution >= 4 is 11.9 Å². The number of likely N-dealkylation sites (tertiary alicyclic amines) is 1. The summed E-state index contributed by atoms with van der Waals surface area (Å²) in [6.07, 6.45) is -4.41. The molecule has 11 heteroatoms. The zero-order valence-electron chi connectivity index (χ0n) is 16.9. The summed E-state index contributed by atoms with van der Waals surface area (Å²) in [6, 6.07) is 0.0734. The Kier molecular flexibility index (Phi) is 6.85. The average Bonchev–Trinajstić information content (AvgIpc) is 3.21. The van der Waals surface area contributed by atoms with Gasteiger partial charge in [-0.15, -0.1) is 0 Å². The molecule has 0 bridgehead atoms. The van der Waals surface area contributed by atoms with Crippen LogP contribution in [0.2, 0.25) is 0 Å². The van der Waals surface area contributed by atoms with E-state index in [1.807, 2.05) is 0 Å². The van der Waals surface area contributed by atoms with Gasteiger partial charge in [-0.05, 0) is 44.2 Å². The molecule has 2 saturated heterocycles. The van der Waals surface area contributed by atoms with Crippen molar-refractivity contribution in [1.29, 1.82) is 0 Å². The number of carbonyl (C=O) groups is 2. The maximum atomic E-state index is 14.3. The van der Waals surface area contributed by atoms with Crippen molar-refractivity contribution in [3.05, 3.63) is 35.4 Å². The van der Waals surface area contributed by atoms with E-state index < -0.39 is 53.6 Å². The van der Waals surface area contributed by atoms with Gasteiger partial charge in [0.25, 0.3) is 0 Å². The van der Waals surface area contributed by atoms with E-state index in [2.05, 4.69) is 10.9 Å². The molecule has 2 heterocycles.